The summed E-state index contributed by atoms with van der Waals surface area (Å²) in [5, 5.41) is 3.34. The molecule has 4 aromatic heterocycles. The van der Waals surface area contributed by atoms with Gasteiger partial charge >= 0.3 is 5.69 Å². The van der Waals surface area contributed by atoms with Crippen molar-refractivity contribution in [1.82, 2.24) is 29.1 Å². The first-order valence-corrected chi connectivity index (χ1v) is 9.41. The fraction of sp³-hybridized carbons (Fsp3) is 0.300. The van der Waals surface area contributed by atoms with Gasteiger partial charge in [0.25, 0.3) is 0 Å². The van der Waals surface area contributed by atoms with Gasteiger partial charge in [0.1, 0.15) is 11.3 Å². The number of nitrogens with one attached hydrogen (secondary N) is 1. The van der Waals surface area contributed by atoms with Gasteiger partial charge < -0.3 is 14.6 Å². The first-order valence-electron chi connectivity index (χ1n) is 9.41. The average molecular weight is 412 g/mol. The van der Waals surface area contributed by atoms with E-state index in [9.17, 15) is 4.79 Å². The number of piperazine rings is 1. The summed E-state index contributed by atoms with van der Waals surface area (Å²) in [5.74, 6) is 0.427. The molecule has 1 saturated heterocycles. The maximum atomic E-state index is 12.7. The van der Waals surface area contributed by atoms with E-state index in [1.54, 1.807) is 0 Å². The van der Waals surface area contributed by atoms with E-state index in [-0.39, 0.29) is 18.1 Å². The number of aryl methyl sites for hydroxylation is 2. The Labute approximate surface area is 173 Å². The van der Waals surface area contributed by atoms with Crippen molar-refractivity contribution >= 4 is 29.4 Å². The van der Waals surface area contributed by atoms with Crippen LogP contribution in [-0.4, -0.2) is 49.9 Å². The van der Waals surface area contributed by atoms with Crippen LogP contribution in [0, 0.1) is 13.8 Å². The Bertz CT molecular complexity index is 1260. The number of fused-ring (bicyclic) bond motifs is 2. The SMILES string of the molecule is Cc1cn2cc(-c3nc(=O)n4cc(N5CCNCC5)ccc4n3)cc(C)c2n1.Cl. The van der Waals surface area contributed by atoms with E-state index >= 15 is 0 Å². The molecule has 0 amide bonds. The fourth-order valence-electron chi connectivity index (χ4n) is 3.76. The van der Waals surface area contributed by atoms with E-state index < -0.39 is 0 Å². The number of imidazole rings is 1. The molecule has 1 fully saturated rings. The molecule has 29 heavy (non-hydrogen) atoms. The maximum absolute atomic E-state index is 12.7. The molecule has 1 N–H and O–H groups in total. The van der Waals surface area contributed by atoms with Gasteiger partial charge in [-0.25, -0.2) is 19.2 Å². The number of rotatable bonds is 2. The second kappa shape index (κ2) is 7.46. The zero-order valence-electron chi connectivity index (χ0n) is 16.3. The number of hydrogen-bond donors (Lipinski definition) is 1. The van der Waals surface area contributed by atoms with Crippen LogP contribution >= 0.6 is 12.4 Å². The lowest BCUT2D eigenvalue weighted by molar-refractivity contribution is 0.588. The molecule has 4 aromatic rings. The summed E-state index contributed by atoms with van der Waals surface area (Å²) in [6.07, 6.45) is 5.71. The molecular weight excluding hydrogens is 390 g/mol. The third kappa shape index (κ3) is 3.45. The van der Waals surface area contributed by atoms with Crippen LogP contribution in [0.5, 0.6) is 0 Å². The van der Waals surface area contributed by atoms with E-state index in [0.717, 1.165) is 54.3 Å². The lowest BCUT2D eigenvalue weighted by atomic mass is 10.2. The van der Waals surface area contributed by atoms with Crippen LogP contribution in [0.2, 0.25) is 0 Å². The standard InChI is InChI=1S/C20H21N7O.ClH/c1-13-9-15(11-26-10-14(2)22-19(13)26)18-23-17-4-3-16(12-27(17)20(28)24-18)25-7-5-21-6-8-25;/h3-4,9-12,21H,5-8H2,1-2H3;1H. The number of halogens is 1. The minimum Gasteiger partial charge on any atom is -0.368 e. The van der Waals surface area contributed by atoms with Gasteiger partial charge in [0.2, 0.25) is 0 Å². The topological polar surface area (TPSA) is 79.8 Å². The lowest BCUT2D eigenvalue weighted by Crippen LogP contribution is -2.43. The van der Waals surface area contributed by atoms with E-state index in [4.69, 9.17) is 0 Å². The second-order valence-electron chi connectivity index (χ2n) is 7.21. The molecule has 0 spiro atoms. The molecule has 0 saturated carbocycles. The zero-order valence-corrected chi connectivity index (χ0v) is 17.1. The van der Waals surface area contributed by atoms with Gasteiger partial charge in [-0.3, -0.25) is 0 Å². The van der Waals surface area contributed by atoms with Gasteiger partial charge in [-0.2, -0.15) is 4.98 Å². The Kier molecular flexibility index (Phi) is 4.97. The third-order valence-electron chi connectivity index (χ3n) is 5.14. The summed E-state index contributed by atoms with van der Waals surface area (Å²) in [6, 6.07) is 5.88. The molecule has 9 heteroatoms. The van der Waals surface area contributed by atoms with Crippen molar-refractivity contribution in [3.8, 4) is 11.4 Å². The molecular formula is C20H22ClN7O. The van der Waals surface area contributed by atoms with Crippen molar-refractivity contribution in [3.05, 3.63) is 58.5 Å². The van der Waals surface area contributed by atoms with Gasteiger partial charge in [0.05, 0.1) is 11.4 Å². The molecule has 8 nitrogen and oxygen atoms in total. The molecule has 0 aromatic carbocycles. The minimum absolute atomic E-state index is 0. The number of anilines is 1. The molecule has 0 atom stereocenters. The Hall–Kier alpha value is -2.97. The maximum Gasteiger partial charge on any atom is 0.355 e. The summed E-state index contributed by atoms with van der Waals surface area (Å²) >= 11 is 0. The Morgan fingerprint density at radius 1 is 1.00 bits per heavy atom. The van der Waals surface area contributed by atoms with Crippen LogP contribution in [-0.2, 0) is 0 Å². The molecule has 0 bridgehead atoms. The summed E-state index contributed by atoms with van der Waals surface area (Å²) < 4.78 is 3.48. The second-order valence-corrected chi connectivity index (χ2v) is 7.21. The van der Waals surface area contributed by atoms with Gasteiger partial charge in [-0.05, 0) is 37.6 Å². The Morgan fingerprint density at radius 2 is 1.79 bits per heavy atom. The highest BCUT2D eigenvalue weighted by molar-refractivity contribution is 5.85. The quantitative estimate of drug-likeness (QED) is 0.542. The van der Waals surface area contributed by atoms with Crippen LogP contribution in [0.4, 0.5) is 5.69 Å². The van der Waals surface area contributed by atoms with Gasteiger partial charge in [-0.1, -0.05) is 0 Å². The monoisotopic (exact) mass is 411 g/mol. The van der Waals surface area contributed by atoms with E-state index in [1.807, 2.05) is 55.0 Å². The molecule has 1 aliphatic rings. The highest BCUT2D eigenvalue weighted by Gasteiger charge is 2.14. The Morgan fingerprint density at radius 3 is 2.59 bits per heavy atom. The fourth-order valence-corrected chi connectivity index (χ4v) is 3.76. The molecule has 0 aliphatic carbocycles. The summed E-state index contributed by atoms with van der Waals surface area (Å²) in [6.45, 7) is 7.68. The number of aromatic nitrogens is 5. The average Bonchev–Trinajstić information content (AvgIpc) is 3.09. The van der Waals surface area contributed by atoms with Gasteiger partial charge in [0.15, 0.2) is 5.82 Å². The Balaban J connectivity index is 0.00000205. The van der Waals surface area contributed by atoms with Crippen molar-refractivity contribution < 1.29 is 0 Å². The van der Waals surface area contributed by atoms with Crippen molar-refractivity contribution in [3.63, 3.8) is 0 Å². The smallest absolute Gasteiger partial charge is 0.355 e. The van der Waals surface area contributed by atoms with Crippen molar-refractivity contribution in [2.24, 2.45) is 0 Å². The van der Waals surface area contributed by atoms with Crippen molar-refractivity contribution in [2.45, 2.75) is 13.8 Å². The highest BCUT2D eigenvalue weighted by Crippen LogP contribution is 2.21. The van der Waals surface area contributed by atoms with E-state index in [1.165, 1.54) is 4.40 Å². The van der Waals surface area contributed by atoms with Crippen molar-refractivity contribution in [2.75, 3.05) is 31.1 Å². The number of nitrogens with zero attached hydrogens (tertiary/aromatic N) is 6. The predicted octanol–water partition coefficient (Wildman–Crippen LogP) is 1.85. The van der Waals surface area contributed by atoms with Crippen LogP contribution in [0.25, 0.3) is 22.7 Å². The summed E-state index contributed by atoms with van der Waals surface area (Å²) in [7, 11) is 0. The van der Waals surface area contributed by atoms with Crippen LogP contribution in [0.15, 0.2) is 41.6 Å². The zero-order chi connectivity index (χ0) is 19.3. The van der Waals surface area contributed by atoms with Crippen LogP contribution in [0.3, 0.4) is 0 Å². The lowest BCUT2D eigenvalue weighted by Gasteiger charge is -2.29. The van der Waals surface area contributed by atoms with Crippen LogP contribution in [0.1, 0.15) is 11.3 Å². The predicted molar refractivity (Wildman–Crippen MR) is 115 cm³/mol. The highest BCUT2D eigenvalue weighted by atomic mass is 35.5. The molecule has 0 unspecified atom stereocenters. The van der Waals surface area contributed by atoms with E-state index in [2.05, 4.69) is 25.2 Å². The third-order valence-corrected chi connectivity index (χ3v) is 5.14. The number of pyridine rings is 2. The first-order chi connectivity index (χ1) is 13.6. The number of hydrogen-bond acceptors (Lipinski definition) is 6. The molecule has 5 heterocycles. The van der Waals surface area contributed by atoms with E-state index in [0.29, 0.717) is 11.5 Å². The van der Waals surface area contributed by atoms with Crippen molar-refractivity contribution in [1.29, 1.82) is 0 Å². The molecule has 150 valence electrons. The molecule has 1 aliphatic heterocycles. The minimum atomic E-state index is -0.323. The van der Waals surface area contributed by atoms with Gasteiger partial charge in [0, 0.05) is 50.3 Å². The molecule has 5 rings (SSSR count). The van der Waals surface area contributed by atoms with Crippen LogP contribution < -0.4 is 15.9 Å². The first kappa shape index (κ1) is 19.4. The normalized spacial score (nSPS) is 14.3. The largest absolute Gasteiger partial charge is 0.368 e. The molecule has 0 radical (unpaired) electrons. The van der Waals surface area contributed by atoms with Gasteiger partial charge in [-0.15, -0.1) is 12.4 Å². The summed E-state index contributed by atoms with van der Waals surface area (Å²) in [4.78, 5) is 28.4. The summed E-state index contributed by atoms with van der Waals surface area (Å²) in [5.41, 5.74) is 4.94.